The average molecular weight is 255 g/mol. The molecule has 3 aromatic rings. The van der Waals surface area contributed by atoms with E-state index in [4.69, 9.17) is 17.3 Å². The lowest BCUT2D eigenvalue weighted by Crippen LogP contribution is -1.90. The maximum Gasteiger partial charge on any atom is 0.0412 e. The number of hydrogen-bond donors (Lipinski definition) is 1. The van der Waals surface area contributed by atoms with Gasteiger partial charge in [0.05, 0.1) is 0 Å². The monoisotopic (exact) mass is 254 g/mol. The summed E-state index contributed by atoms with van der Waals surface area (Å²) in [6.45, 7) is 0. The zero-order valence-electron chi connectivity index (χ0n) is 9.60. The fourth-order valence-electron chi connectivity index (χ4n) is 2.12. The van der Waals surface area contributed by atoms with E-state index in [0.29, 0.717) is 0 Å². The van der Waals surface area contributed by atoms with Crippen LogP contribution in [0.5, 0.6) is 0 Å². The second kappa shape index (κ2) is 4.31. The second-order valence-corrected chi connectivity index (χ2v) is 4.57. The number of rotatable bonds is 1. The van der Waals surface area contributed by atoms with Crippen molar-refractivity contribution in [1.82, 2.24) is 4.98 Å². The minimum absolute atomic E-state index is 0.728. The molecule has 0 aliphatic carbocycles. The highest BCUT2D eigenvalue weighted by Crippen LogP contribution is 2.32. The van der Waals surface area contributed by atoms with Crippen LogP contribution < -0.4 is 5.73 Å². The van der Waals surface area contributed by atoms with Crippen LogP contribution in [0.15, 0.2) is 54.9 Å². The first-order valence-corrected chi connectivity index (χ1v) is 6.01. The maximum absolute atomic E-state index is 6.04. The molecule has 0 saturated heterocycles. The Labute approximate surface area is 110 Å². The number of fused-ring (bicyclic) bond motifs is 1. The minimum Gasteiger partial charge on any atom is -0.398 e. The van der Waals surface area contributed by atoms with Crippen LogP contribution in [0.4, 0.5) is 5.69 Å². The molecule has 0 atom stereocenters. The summed E-state index contributed by atoms with van der Waals surface area (Å²) in [6.07, 6.45) is 3.56. The second-order valence-electron chi connectivity index (χ2n) is 4.13. The van der Waals surface area contributed by atoms with Crippen molar-refractivity contribution in [3.63, 3.8) is 0 Å². The van der Waals surface area contributed by atoms with Gasteiger partial charge in [-0.1, -0.05) is 29.8 Å². The molecule has 0 aliphatic heterocycles. The Morgan fingerprint density at radius 1 is 1.00 bits per heavy atom. The van der Waals surface area contributed by atoms with E-state index in [0.717, 1.165) is 32.6 Å². The van der Waals surface area contributed by atoms with Gasteiger partial charge in [-0.05, 0) is 40.8 Å². The van der Waals surface area contributed by atoms with Crippen molar-refractivity contribution >= 4 is 28.1 Å². The van der Waals surface area contributed by atoms with Crippen LogP contribution in [-0.2, 0) is 0 Å². The molecule has 18 heavy (non-hydrogen) atoms. The third-order valence-electron chi connectivity index (χ3n) is 2.99. The van der Waals surface area contributed by atoms with Crippen molar-refractivity contribution in [2.45, 2.75) is 0 Å². The van der Waals surface area contributed by atoms with Crippen molar-refractivity contribution in [2.24, 2.45) is 0 Å². The van der Waals surface area contributed by atoms with Gasteiger partial charge in [-0.25, -0.2) is 0 Å². The topological polar surface area (TPSA) is 38.9 Å². The van der Waals surface area contributed by atoms with Crippen LogP contribution in [-0.4, -0.2) is 4.98 Å². The van der Waals surface area contributed by atoms with Crippen LogP contribution in [0, 0.1) is 0 Å². The highest BCUT2D eigenvalue weighted by molar-refractivity contribution is 6.30. The Balaban J connectivity index is 2.33. The van der Waals surface area contributed by atoms with Gasteiger partial charge in [0.25, 0.3) is 0 Å². The Kier molecular flexibility index (Phi) is 2.65. The van der Waals surface area contributed by atoms with Crippen LogP contribution in [0.2, 0.25) is 5.02 Å². The Hall–Kier alpha value is -2.06. The molecule has 3 rings (SSSR count). The van der Waals surface area contributed by atoms with Crippen molar-refractivity contribution in [3.8, 4) is 11.1 Å². The normalized spacial score (nSPS) is 10.7. The molecular weight excluding hydrogens is 244 g/mol. The van der Waals surface area contributed by atoms with E-state index < -0.39 is 0 Å². The predicted molar refractivity (Wildman–Crippen MR) is 76.6 cm³/mol. The lowest BCUT2D eigenvalue weighted by Gasteiger charge is -2.08. The molecule has 0 spiro atoms. The molecule has 0 radical (unpaired) electrons. The SMILES string of the molecule is Nc1ccc(-c2cccc(Cl)c2)c2ccncc12. The standard InChI is InChI=1S/C15H11ClN2/c16-11-3-1-2-10(8-11)12-4-5-15(17)14-9-18-7-6-13(12)14/h1-9H,17H2. The number of pyridine rings is 1. The fraction of sp³-hybridized carbons (Fsp3) is 0. The van der Waals surface area contributed by atoms with E-state index in [-0.39, 0.29) is 0 Å². The van der Waals surface area contributed by atoms with E-state index in [1.807, 2.05) is 42.5 Å². The van der Waals surface area contributed by atoms with Crippen molar-refractivity contribution in [1.29, 1.82) is 0 Å². The van der Waals surface area contributed by atoms with Gasteiger partial charge in [0.2, 0.25) is 0 Å². The largest absolute Gasteiger partial charge is 0.398 e. The number of anilines is 1. The van der Waals surface area contributed by atoms with Crippen molar-refractivity contribution < 1.29 is 0 Å². The van der Waals surface area contributed by atoms with E-state index in [9.17, 15) is 0 Å². The summed E-state index contributed by atoms with van der Waals surface area (Å²) >= 11 is 6.04. The molecule has 0 aliphatic rings. The van der Waals surface area contributed by atoms with Crippen molar-refractivity contribution in [2.75, 3.05) is 5.73 Å². The number of benzene rings is 2. The summed E-state index contributed by atoms with van der Waals surface area (Å²) in [5.41, 5.74) is 8.90. The molecule has 2 N–H and O–H groups in total. The van der Waals surface area contributed by atoms with Gasteiger partial charge >= 0.3 is 0 Å². The van der Waals surface area contributed by atoms with Crippen LogP contribution in [0.1, 0.15) is 0 Å². The number of aromatic nitrogens is 1. The smallest absolute Gasteiger partial charge is 0.0412 e. The molecule has 1 aromatic heterocycles. The summed E-state index contributed by atoms with van der Waals surface area (Å²) in [6, 6.07) is 13.7. The minimum atomic E-state index is 0.728. The summed E-state index contributed by atoms with van der Waals surface area (Å²) in [5, 5.41) is 2.79. The van der Waals surface area contributed by atoms with E-state index in [1.54, 1.807) is 12.4 Å². The lowest BCUT2D eigenvalue weighted by molar-refractivity contribution is 1.36. The van der Waals surface area contributed by atoms with Gasteiger partial charge in [0.1, 0.15) is 0 Å². The first kappa shape index (κ1) is 11.1. The molecule has 2 nitrogen and oxygen atoms in total. The molecule has 0 saturated carbocycles. The van der Waals surface area contributed by atoms with Gasteiger partial charge in [-0.2, -0.15) is 0 Å². The van der Waals surface area contributed by atoms with Gasteiger partial charge in [0, 0.05) is 28.5 Å². The zero-order chi connectivity index (χ0) is 12.5. The molecule has 3 heteroatoms. The molecule has 0 bridgehead atoms. The van der Waals surface area contributed by atoms with Crippen LogP contribution >= 0.6 is 11.6 Å². The lowest BCUT2D eigenvalue weighted by atomic mass is 9.99. The molecule has 1 heterocycles. The maximum atomic E-state index is 6.04. The summed E-state index contributed by atoms with van der Waals surface area (Å²) in [4.78, 5) is 4.12. The molecular formula is C15H11ClN2. The van der Waals surface area contributed by atoms with Gasteiger partial charge in [0.15, 0.2) is 0 Å². The summed E-state index contributed by atoms with van der Waals surface area (Å²) in [7, 11) is 0. The summed E-state index contributed by atoms with van der Waals surface area (Å²) < 4.78 is 0. The molecule has 0 fully saturated rings. The molecule has 2 aromatic carbocycles. The number of nitrogen functional groups attached to an aromatic ring is 1. The first-order chi connectivity index (χ1) is 8.75. The third kappa shape index (κ3) is 1.81. The van der Waals surface area contributed by atoms with E-state index in [2.05, 4.69) is 4.98 Å². The molecule has 0 unspecified atom stereocenters. The number of halogens is 1. The average Bonchev–Trinajstić information content (AvgIpc) is 2.39. The molecule has 88 valence electrons. The van der Waals surface area contributed by atoms with Crippen LogP contribution in [0.25, 0.3) is 21.9 Å². The Morgan fingerprint density at radius 3 is 2.72 bits per heavy atom. The third-order valence-corrected chi connectivity index (χ3v) is 3.22. The van der Waals surface area contributed by atoms with Gasteiger partial charge in [-0.15, -0.1) is 0 Å². The highest BCUT2D eigenvalue weighted by atomic mass is 35.5. The number of nitrogens with two attached hydrogens (primary N) is 1. The highest BCUT2D eigenvalue weighted by Gasteiger charge is 2.06. The number of nitrogens with zero attached hydrogens (tertiary/aromatic N) is 1. The zero-order valence-corrected chi connectivity index (χ0v) is 10.4. The fourth-order valence-corrected chi connectivity index (χ4v) is 2.31. The Morgan fingerprint density at radius 2 is 1.89 bits per heavy atom. The van der Waals surface area contributed by atoms with E-state index in [1.165, 1.54) is 0 Å². The number of hydrogen-bond acceptors (Lipinski definition) is 2. The van der Waals surface area contributed by atoms with Crippen LogP contribution in [0.3, 0.4) is 0 Å². The molecule has 0 amide bonds. The van der Waals surface area contributed by atoms with Crippen molar-refractivity contribution in [3.05, 3.63) is 59.9 Å². The predicted octanol–water partition coefficient (Wildman–Crippen LogP) is 4.14. The summed E-state index contributed by atoms with van der Waals surface area (Å²) in [5.74, 6) is 0. The first-order valence-electron chi connectivity index (χ1n) is 5.64. The quantitative estimate of drug-likeness (QED) is 0.663. The van der Waals surface area contributed by atoms with Gasteiger partial charge in [-0.3, -0.25) is 4.98 Å². The Bertz CT molecular complexity index is 723. The van der Waals surface area contributed by atoms with Gasteiger partial charge < -0.3 is 5.73 Å². The van der Waals surface area contributed by atoms with E-state index >= 15 is 0 Å².